The van der Waals surface area contributed by atoms with E-state index in [9.17, 15) is 14.0 Å². The Morgan fingerprint density at radius 3 is 2.53 bits per heavy atom. The van der Waals surface area contributed by atoms with E-state index >= 15 is 0 Å². The number of piperazine rings is 1. The van der Waals surface area contributed by atoms with Crippen molar-refractivity contribution in [3.05, 3.63) is 83.1 Å². The van der Waals surface area contributed by atoms with Crippen LogP contribution in [0.4, 0.5) is 14.9 Å². The van der Waals surface area contributed by atoms with Gasteiger partial charge in [0.1, 0.15) is 22.1 Å². The summed E-state index contributed by atoms with van der Waals surface area (Å²) >= 11 is 1.58. The molecule has 1 aliphatic rings. The van der Waals surface area contributed by atoms with Crippen molar-refractivity contribution in [3.8, 4) is 5.75 Å². The van der Waals surface area contributed by atoms with Crippen LogP contribution in [0.2, 0.25) is 0 Å². The number of nitrogens with zero attached hydrogens (tertiary/aromatic N) is 3. The van der Waals surface area contributed by atoms with Crippen molar-refractivity contribution in [1.29, 1.82) is 0 Å². The molecule has 1 atom stereocenters. The monoisotopic (exact) mass is 506 g/mol. The zero-order valence-electron chi connectivity index (χ0n) is 20.1. The van der Waals surface area contributed by atoms with Crippen LogP contribution in [0.15, 0.2) is 66.0 Å². The average molecular weight is 507 g/mol. The number of hydrogen-bond donors (Lipinski definition) is 1. The normalized spacial score (nSPS) is 15.8. The molecule has 5 rings (SSSR count). The largest absolute Gasteiger partial charge is 0.497 e. The maximum Gasteiger partial charge on any atom is 0.322 e. The number of methoxy groups -OCH3 is 1. The van der Waals surface area contributed by atoms with E-state index in [1.807, 2.05) is 33.9 Å². The van der Waals surface area contributed by atoms with Gasteiger partial charge in [0, 0.05) is 43.3 Å². The van der Waals surface area contributed by atoms with Gasteiger partial charge < -0.3 is 24.4 Å². The minimum atomic E-state index is -0.285. The Hall–Kier alpha value is -3.85. The number of fused-ring (bicyclic) bond motifs is 1. The van der Waals surface area contributed by atoms with Gasteiger partial charge in [0.25, 0.3) is 5.91 Å². The number of ether oxygens (including phenoxy) is 1. The molecule has 3 heterocycles. The van der Waals surface area contributed by atoms with Gasteiger partial charge in [-0.05, 0) is 66.4 Å². The van der Waals surface area contributed by atoms with Crippen LogP contribution in [0.3, 0.4) is 0 Å². The SMILES string of the molecule is COc1ccc(NC(=O)N2CCN(C(=O)c3cc4ccsc4n3Cc3ccc(F)cc3)C[C@@H]2C)cc1. The molecule has 0 unspecified atom stereocenters. The minimum absolute atomic E-state index is 0.0671. The molecule has 9 heteroatoms. The number of benzene rings is 2. The molecule has 7 nitrogen and oxygen atoms in total. The molecule has 2 aromatic carbocycles. The summed E-state index contributed by atoms with van der Waals surface area (Å²) in [5.41, 5.74) is 2.21. The first-order chi connectivity index (χ1) is 17.4. The summed E-state index contributed by atoms with van der Waals surface area (Å²) in [6, 6.07) is 17.1. The number of carbonyl (C=O) groups excluding carboxylic acids is 2. The quantitative estimate of drug-likeness (QED) is 0.401. The molecule has 36 heavy (non-hydrogen) atoms. The second-order valence-corrected chi connectivity index (χ2v) is 9.77. The van der Waals surface area contributed by atoms with Gasteiger partial charge in [-0.15, -0.1) is 11.3 Å². The molecular weight excluding hydrogens is 479 g/mol. The van der Waals surface area contributed by atoms with Gasteiger partial charge in [0.05, 0.1) is 7.11 Å². The first-order valence-corrected chi connectivity index (χ1v) is 12.6. The molecule has 1 N–H and O–H groups in total. The molecule has 0 radical (unpaired) electrons. The Kier molecular flexibility index (Phi) is 6.65. The van der Waals surface area contributed by atoms with Gasteiger partial charge in [-0.1, -0.05) is 12.1 Å². The van der Waals surface area contributed by atoms with Crippen LogP contribution in [-0.4, -0.2) is 59.1 Å². The molecule has 1 aliphatic heterocycles. The molecule has 1 saturated heterocycles. The fourth-order valence-corrected chi connectivity index (χ4v) is 5.45. The number of anilines is 1. The lowest BCUT2D eigenvalue weighted by Crippen LogP contribution is -2.56. The van der Waals surface area contributed by atoms with Crippen LogP contribution < -0.4 is 10.1 Å². The molecule has 0 spiro atoms. The minimum Gasteiger partial charge on any atom is -0.497 e. The van der Waals surface area contributed by atoms with Gasteiger partial charge in [0.2, 0.25) is 0 Å². The molecule has 2 aromatic heterocycles. The van der Waals surface area contributed by atoms with E-state index < -0.39 is 0 Å². The van der Waals surface area contributed by atoms with E-state index in [2.05, 4.69) is 5.32 Å². The van der Waals surface area contributed by atoms with Crippen molar-refractivity contribution in [3.63, 3.8) is 0 Å². The third-order valence-electron chi connectivity index (χ3n) is 6.49. The van der Waals surface area contributed by atoms with Gasteiger partial charge in [-0.2, -0.15) is 0 Å². The predicted molar refractivity (Wildman–Crippen MR) is 139 cm³/mol. The van der Waals surface area contributed by atoms with Crippen LogP contribution in [0.1, 0.15) is 23.0 Å². The fraction of sp³-hybridized carbons (Fsp3) is 0.259. The highest BCUT2D eigenvalue weighted by molar-refractivity contribution is 7.16. The number of halogens is 1. The van der Waals surface area contributed by atoms with Gasteiger partial charge in [-0.3, -0.25) is 4.79 Å². The van der Waals surface area contributed by atoms with Crippen LogP contribution in [0.25, 0.3) is 10.2 Å². The molecule has 4 aromatic rings. The third kappa shape index (κ3) is 4.79. The number of thiophene rings is 1. The van der Waals surface area contributed by atoms with Gasteiger partial charge in [0.15, 0.2) is 0 Å². The summed E-state index contributed by atoms with van der Waals surface area (Å²) in [5.74, 6) is 0.367. The van der Waals surface area contributed by atoms with E-state index in [1.54, 1.807) is 59.7 Å². The average Bonchev–Trinajstić information content (AvgIpc) is 3.48. The van der Waals surface area contributed by atoms with Gasteiger partial charge in [-0.25, -0.2) is 9.18 Å². The Labute approximate surface area is 212 Å². The zero-order chi connectivity index (χ0) is 25.2. The molecule has 3 amide bonds. The van der Waals surface area contributed by atoms with Crippen LogP contribution >= 0.6 is 11.3 Å². The van der Waals surface area contributed by atoms with E-state index in [-0.39, 0.29) is 23.8 Å². The summed E-state index contributed by atoms with van der Waals surface area (Å²) < 4.78 is 20.6. The van der Waals surface area contributed by atoms with E-state index in [1.165, 1.54) is 12.1 Å². The van der Waals surface area contributed by atoms with Crippen molar-refractivity contribution < 1.29 is 18.7 Å². The second kappa shape index (κ2) is 10.0. The summed E-state index contributed by atoms with van der Waals surface area (Å²) in [4.78, 5) is 31.1. The van der Waals surface area contributed by atoms with E-state index in [4.69, 9.17) is 4.74 Å². The Morgan fingerprint density at radius 1 is 1.08 bits per heavy atom. The molecule has 1 fully saturated rings. The first kappa shape index (κ1) is 23.9. The standard InChI is InChI=1S/C27H27FN4O3S/c1-18-16-30(12-13-31(18)27(34)29-22-7-9-23(35-2)10-8-22)25(33)24-15-20-11-14-36-26(20)32(24)17-19-3-5-21(28)6-4-19/h3-11,14-15,18H,12-13,16-17H2,1-2H3,(H,29,34)/t18-/m0/s1. The summed E-state index contributed by atoms with van der Waals surface area (Å²) in [7, 11) is 1.60. The number of nitrogens with one attached hydrogen (secondary N) is 1. The Balaban J connectivity index is 1.29. The summed E-state index contributed by atoms with van der Waals surface area (Å²) in [6.07, 6.45) is 0. The van der Waals surface area contributed by atoms with Crippen molar-refractivity contribution in [2.45, 2.75) is 19.5 Å². The number of aromatic nitrogens is 1. The topological polar surface area (TPSA) is 66.8 Å². The van der Waals surface area contributed by atoms with Gasteiger partial charge >= 0.3 is 6.03 Å². The van der Waals surface area contributed by atoms with Crippen molar-refractivity contribution in [1.82, 2.24) is 14.4 Å². The maximum absolute atomic E-state index is 13.6. The van der Waals surface area contributed by atoms with Crippen molar-refractivity contribution >= 4 is 39.2 Å². The van der Waals surface area contributed by atoms with Crippen molar-refractivity contribution in [2.75, 3.05) is 32.1 Å². The lowest BCUT2D eigenvalue weighted by atomic mass is 10.1. The van der Waals surface area contributed by atoms with E-state index in [0.29, 0.717) is 37.6 Å². The highest BCUT2D eigenvalue weighted by Gasteiger charge is 2.32. The number of rotatable bonds is 5. The lowest BCUT2D eigenvalue weighted by Gasteiger charge is -2.39. The lowest BCUT2D eigenvalue weighted by molar-refractivity contribution is 0.0583. The third-order valence-corrected chi connectivity index (χ3v) is 7.44. The molecule has 0 bridgehead atoms. The molecule has 186 valence electrons. The summed E-state index contributed by atoms with van der Waals surface area (Å²) in [5, 5.41) is 5.93. The van der Waals surface area contributed by atoms with Crippen LogP contribution in [-0.2, 0) is 6.54 Å². The number of urea groups is 1. The van der Waals surface area contributed by atoms with Crippen LogP contribution in [0.5, 0.6) is 5.75 Å². The molecular formula is C27H27FN4O3S. The van der Waals surface area contributed by atoms with E-state index in [0.717, 1.165) is 21.5 Å². The highest BCUT2D eigenvalue weighted by atomic mass is 32.1. The number of amides is 3. The molecule has 0 aliphatic carbocycles. The maximum atomic E-state index is 13.6. The fourth-order valence-electron chi connectivity index (χ4n) is 4.56. The second-order valence-electron chi connectivity index (χ2n) is 8.88. The Morgan fingerprint density at radius 2 is 1.83 bits per heavy atom. The zero-order valence-corrected chi connectivity index (χ0v) is 20.9. The molecule has 0 saturated carbocycles. The first-order valence-electron chi connectivity index (χ1n) is 11.7. The highest BCUT2D eigenvalue weighted by Crippen LogP contribution is 2.28. The number of hydrogen-bond acceptors (Lipinski definition) is 4. The number of carbonyl (C=O) groups is 2. The van der Waals surface area contributed by atoms with Crippen molar-refractivity contribution in [2.24, 2.45) is 0 Å². The van der Waals surface area contributed by atoms with Crippen LogP contribution in [0, 0.1) is 5.82 Å². The smallest absolute Gasteiger partial charge is 0.322 e. The predicted octanol–water partition coefficient (Wildman–Crippen LogP) is 5.28. The summed E-state index contributed by atoms with van der Waals surface area (Å²) in [6.45, 7) is 3.73. The Bertz CT molecular complexity index is 1380.